The van der Waals surface area contributed by atoms with Crippen molar-refractivity contribution in [1.82, 2.24) is 10.2 Å². The van der Waals surface area contributed by atoms with Crippen molar-refractivity contribution in [2.45, 2.75) is 6.54 Å². The lowest BCUT2D eigenvalue weighted by molar-refractivity contribution is 0.220. The number of rotatable bonds is 4. The van der Waals surface area contributed by atoms with Crippen LogP contribution in [0.4, 0.5) is 21.0 Å². The zero-order valence-corrected chi connectivity index (χ0v) is 13.9. The van der Waals surface area contributed by atoms with Gasteiger partial charge in [-0.3, -0.25) is 4.90 Å². The van der Waals surface area contributed by atoms with Gasteiger partial charge in [-0.15, -0.1) is 0 Å². The maximum Gasteiger partial charge on any atom is 0.321 e. The van der Waals surface area contributed by atoms with E-state index >= 15 is 0 Å². The highest BCUT2D eigenvalue weighted by molar-refractivity contribution is 5.95. The number of aromatic hydroxyl groups is 1. The molecule has 0 aliphatic carbocycles. The molecule has 1 saturated heterocycles. The number of phenols is 1. The third-order valence-electron chi connectivity index (χ3n) is 4.01. The average Bonchev–Trinajstić information content (AvgIpc) is 3.03. The summed E-state index contributed by atoms with van der Waals surface area (Å²) in [6.07, 6.45) is 0. The number of para-hydroxylation sites is 1. The van der Waals surface area contributed by atoms with Crippen LogP contribution in [-0.2, 0) is 6.54 Å². The van der Waals surface area contributed by atoms with E-state index in [0.717, 1.165) is 5.69 Å². The number of hydrogen-bond donors (Lipinski definition) is 3. The Balaban J connectivity index is 1.66. The van der Waals surface area contributed by atoms with Gasteiger partial charge in [0.25, 0.3) is 0 Å². The molecule has 7 nitrogen and oxygen atoms in total. The van der Waals surface area contributed by atoms with E-state index in [0.29, 0.717) is 24.3 Å². The maximum atomic E-state index is 12.4. The largest absolute Gasteiger partial charge is 0.508 e. The highest BCUT2D eigenvalue weighted by Crippen LogP contribution is 2.22. The molecule has 0 atom stereocenters. The Labute approximate surface area is 145 Å². The predicted octanol–water partition coefficient (Wildman–Crippen LogP) is 2.59. The van der Waals surface area contributed by atoms with Gasteiger partial charge in [0.1, 0.15) is 5.75 Å². The Kier molecular flexibility index (Phi) is 4.74. The van der Waals surface area contributed by atoms with E-state index in [1.807, 2.05) is 12.1 Å². The second-order valence-corrected chi connectivity index (χ2v) is 5.85. The molecule has 1 heterocycles. The molecule has 2 aromatic carbocycles. The number of carbonyl (C=O) groups is 2. The summed E-state index contributed by atoms with van der Waals surface area (Å²) < 4.78 is 0. The van der Waals surface area contributed by atoms with Gasteiger partial charge in [0.15, 0.2) is 0 Å². The fourth-order valence-electron chi connectivity index (χ4n) is 2.66. The standard InChI is InChI=1S/C18H20N4O3/c1-21(12-13-5-2-3-8-16(13)23)18(25)20-14-6-4-7-15(11-14)22-10-9-19-17(22)24/h2-8,11,23H,9-10,12H2,1H3,(H,19,24)(H,20,25). The number of carbonyl (C=O) groups excluding carboxylic acids is 2. The number of nitrogens with one attached hydrogen (secondary N) is 2. The first kappa shape index (κ1) is 16.6. The van der Waals surface area contributed by atoms with Gasteiger partial charge in [0.2, 0.25) is 0 Å². The van der Waals surface area contributed by atoms with Crippen LogP contribution < -0.4 is 15.5 Å². The molecule has 130 valence electrons. The number of hydrogen-bond acceptors (Lipinski definition) is 3. The maximum absolute atomic E-state index is 12.4. The number of nitrogens with zero attached hydrogens (tertiary/aromatic N) is 2. The number of urea groups is 2. The van der Waals surface area contributed by atoms with Crippen molar-refractivity contribution in [2.75, 3.05) is 30.4 Å². The molecule has 25 heavy (non-hydrogen) atoms. The first-order valence-electron chi connectivity index (χ1n) is 7.99. The number of phenolic OH excluding ortho intramolecular Hbond substituents is 1. The van der Waals surface area contributed by atoms with Crippen molar-refractivity contribution in [3.05, 3.63) is 54.1 Å². The van der Waals surface area contributed by atoms with Crippen LogP contribution in [0.1, 0.15) is 5.56 Å². The smallest absolute Gasteiger partial charge is 0.321 e. The Bertz CT molecular complexity index is 793. The molecule has 2 aromatic rings. The lowest BCUT2D eigenvalue weighted by atomic mass is 10.2. The van der Waals surface area contributed by atoms with Gasteiger partial charge in [-0.2, -0.15) is 0 Å². The van der Waals surface area contributed by atoms with Crippen LogP contribution in [0.15, 0.2) is 48.5 Å². The molecule has 1 aliphatic rings. The van der Waals surface area contributed by atoms with Crippen LogP contribution in [0.2, 0.25) is 0 Å². The molecule has 7 heteroatoms. The molecular formula is C18H20N4O3. The van der Waals surface area contributed by atoms with Crippen LogP contribution in [0, 0.1) is 0 Å². The van der Waals surface area contributed by atoms with E-state index in [1.54, 1.807) is 48.3 Å². The summed E-state index contributed by atoms with van der Waals surface area (Å²) in [6, 6.07) is 13.6. The molecule has 1 fully saturated rings. The minimum atomic E-state index is -0.300. The van der Waals surface area contributed by atoms with E-state index in [1.165, 1.54) is 4.90 Å². The molecule has 0 bridgehead atoms. The topological polar surface area (TPSA) is 84.9 Å². The normalized spacial score (nSPS) is 13.5. The Morgan fingerprint density at radius 1 is 1.28 bits per heavy atom. The van der Waals surface area contributed by atoms with Gasteiger partial charge in [-0.25, -0.2) is 9.59 Å². The summed E-state index contributed by atoms with van der Waals surface area (Å²) in [7, 11) is 1.65. The minimum Gasteiger partial charge on any atom is -0.508 e. The van der Waals surface area contributed by atoms with Crippen molar-refractivity contribution in [3.8, 4) is 5.75 Å². The van der Waals surface area contributed by atoms with Crippen molar-refractivity contribution in [1.29, 1.82) is 0 Å². The van der Waals surface area contributed by atoms with Crippen LogP contribution in [0.3, 0.4) is 0 Å². The second-order valence-electron chi connectivity index (χ2n) is 5.85. The van der Waals surface area contributed by atoms with Gasteiger partial charge in [-0.1, -0.05) is 24.3 Å². The Morgan fingerprint density at radius 2 is 2.08 bits per heavy atom. The zero-order valence-electron chi connectivity index (χ0n) is 13.9. The molecule has 0 aromatic heterocycles. The van der Waals surface area contributed by atoms with Gasteiger partial charge in [0.05, 0.1) is 6.54 Å². The van der Waals surface area contributed by atoms with E-state index in [2.05, 4.69) is 10.6 Å². The summed E-state index contributed by atoms with van der Waals surface area (Å²) in [5.41, 5.74) is 2.00. The van der Waals surface area contributed by atoms with Gasteiger partial charge < -0.3 is 20.6 Å². The number of anilines is 2. The third kappa shape index (κ3) is 3.82. The molecule has 1 aliphatic heterocycles. The van der Waals surface area contributed by atoms with Gasteiger partial charge >= 0.3 is 12.1 Å². The lowest BCUT2D eigenvalue weighted by Crippen LogP contribution is -2.31. The van der Waals surface area contributed by atoms with Gasteiger partial charge in [-0.05, 0) is 24.3 Å². The molecule has 3 N–H and O–H groups in total. The van der Waals surface area contributed by atoms with Crippen molar-refractivity contribution < 1.29 is 14.7 Å². The van der Waals surface area contributed by atoms with Crippen LogP contribution in [0.5, 0.6) is 5.75 Å². The predicted molar refractivity (Wildman–Crippen MR) is 95.8 cm³/mol. The van der Waals surface area contributed by atoms with E-state index in [4.69, 9.17) is 0 Å². The summed E-state index contributed by atoms with van der Waals surface area (Å²) >= 11 is 0. The fourth-order valence-corrected chi connectivity index (χ4v) is 2.66. The first-order valence-corrected chi connectivity index (χ1v) is 7.99. The monoisotopic (exact) mass is 340 g/mol. The summed E-state index contributed by atoms with van der Waals surface area (Å²) in [4.78, 5) is 27.2. The lowest BCUT2D eigenvalue weighted by Gasteiger charge is -2.20. The number of benzene rings is 2. The quantitative estimate of drug-likeness (QED) is 0.800. The number of amides is 4. The van der Waals surface area contributed by atoms with E-state index in [9.17, 15) is 14.7 Å². The summed E-state index contributed by atoms with van der Waals surface area (Å²) in [5, 5.41) is 15.4. The van der Waals surface area contributed by atoms with Crippen LogP contribution in [-0.4, -0.2) is 42.2 Å². The third-order valence-corrected chi connectivity index (χ3v) is 4.01. The molecule has 0 saturated carbocycles. The molecule has 0 radical (unpaired) electrons. The second kappa shape index (κ2) is 7.12. The van der Waals surface area contributed by atoms with Crippen LogP contribution in [0.25, 0.3) is 0 Å². The fraction of sp³-hybridized carbons (Fsp3) is 0.222. The van der Waals surface area contributed by atoms with E-state index < -0.39 is 0 Å². The van der Waals surface area contributed by atoms with Crippen molar-refractivity contribution >= 4 is 23.4 Å². The zero-order chi connectivity index (χ0) is 17.8. The highest BCUT2D eigenvalue weighted by atomic mass is 16.3. The average molecular weight is 340 g/mol. The van der Waals surface area contributed by atoms with Crippen molar-refractivity contribution in [3.63, 3.8) is 0 Å². The summed E-state index contributed by atoms with van der Waals surface area (Å²) in [6.45, 7) is 1.49. The molecule has 0 spiro atoms. The Morgan fingerprint density at radius 3 is 2.80 bits per heavy atom. The first-order chi connectivity index (χ1) is 12.0. The van der Waals surface area contributed by atoms with E-state index in [-0.39, 0.29) is 24.4 Å². The summed E-state index contributed by atoms with van der Waals surface area (Å²) in [5.74, 6) is 0.157. The minimum absolute atomic E-state index is 0.139. The van der Waals surface area contributed by atoms with Crippen LogP contribution >= 0.6 is 0 Å². The molecular weight excluding hydrogens is 320 g/mol. The Hall–Kier alpha value is -3.22. The van der Waals surface area contributed by atoms with Gasteiger partial charge in [0, 0.05) is 37.1 Å². The van der Waals surface area contributed by atoms with Crippen molar-refractivity contribution in [2.24, 2.45) is 0 Å². The highest BCUT2D eigenvalue weighted by Gasteiger charge is 2.21. The molecule has 4 amide bonds. The molecule has 0 unspecified atom stereocenters. The SMILES string of the molecule is CN(Cc1ccccc1O)C(=O)Nc1cccc(N2CCNC2=O)c1. The molecule has 3 rings (SSSR count).